The second-order valence-corrected chi connectivity index (χ2v) is 2.40. The lowest BCUT2D eigenvalue weighted by atomic mass is 11.0. The molecule has 1 saturated carbocycles. The Kier molecular flexibility index (Phi) is 19.8. The van der Waals surface area contributed by atoms with Crippen molar-refractivity contribution < 1.29 is 0 Å². The van der Waals surface area contributed by atoms with Gasteiger partial charge in [-0.2, -0.15) is 0 Å². The van der Waals surface area contributed by atoms with E-state index in [0.29, 0.717) is 0 Å². The van der Waals surface area contributed by atoms with E-state index in [4.69, 9.17) is 0 Å². The summed E-state index contributed by atoms with van der Waals surface area (Å²) in [5.41, 5.74) is 0. The average Bonchev–Trinajstić information content (AvgIpc) is 2.02. The number of hydrogen-bond donors (Lipinski definition) is 1. The Morgan fingerprint density at radius 1 is 0.889 bits per heavy atom. The first-order valence-corrected chi connectivity index (χ1v) is 2.84. The summed E-state index contributed by atoms with van der Waals surface area (Å²) in [6.07, 6.45) is 4.50. The van der Waals surface area contributed by atoms with Gasteiger partial charge >= 0.3 is 0 Å². The van der Waals surface area contributed by atoms with Crippen LogP contribution in [-0.4, -0.2) is 26.0 Å². The van der Waals surface area contributed by atoms with Crippen LogP contribution in [0.1, 0.15) is 19.3 Å². The Bertz CT molecular complexity index is 32.5. The molecule has 0 radical (unpaired) electrons. The molecule has 0 saturated heterocycles. The van der Waals surface area contributed by atoms with Gasteiger partial charge in [0.2, 0.25) is 0 Å². The molecule has 0 heterocycles. The molecular formula is C6H19ClN2. The minimum atomic E-state index is 0. The molecule has 3 heteroatoms. The molecule has 0 atom stereocenters. The maximum atomic E-state index is 2.00. The zero-order valence-electron chi connectivity index (χ0n) is 6.68. The topological polar surface area (TPSA) is 38.2 Å². The lowest BCUT2D eigenvalue weighted by molar-refractivity contribution is 0.505. The van der Waals surface area contributed by atoms with E-state index >= 15 is 0 Å². The van der Waals surface area contributed by atoms with Crippen LogP contribution in [0, 0.1) is 0 Å². The predicted molar refractivity (Wildman–Crippen MR) is 45.7 cm³/mol. The fourth-order valence-corrected chi connectivity index (χ4v) is 0. The van der Waals surface area contributed by atoms with Crippen molar-refractivity contribution in [3.8, 4) is 0 Å². The van der Waals surface area contributed by atoms with Crippen LogP contribution in [0.25, 0.3) is 0 Å². The maximum absolute atomic E-state index is 2.00. The minimum absolute atomic E-state index is 0. The van der Waals surface area contributed by atoms with Gasteiger partial charge in [0.1, 0.15) is 0 Å². The van der Waals surface area contributed by atoms with Crippen LogP contribution in [0.2, 0.25) is 0 Å². The van der Waals surface area contributed by atoms with E-state index in [-0.39, 0.29) is 18.6 Å². The maximum Gasteiger partial charge on any atom is -0.0140 e. The van der Waals surface area contributed by atoms with Crippen LogP contribution >= 0.6 is 12.4 Å². The van der Waals surface area contributed by atoms with Gasteiger partial charge in [0.25, 0.3) is 0 Å². The first kappa shape index (κ1) is 16.1. The Hall–Kier alpha value is 0.210. The van der Waals surface area contributed by atoms with Crippen molar-refractivity contribution in [2.24, 2.45) is 0 Å². The second kappa shape index (κ2) is 11.1. The molecule has 0 aromatic rings. The molecule has 1 fully saturated rings. The third kappa shape index (κ3) is 216. The van der Waals surface area contributed by atoms with Gasteiger partial charge in [-0.25, -0.2) is 0 Å². The molecule has 0 amide bonds. The SMILES string of the molecule is C1CC1.CN(C)C.Cl.N. The zero-order valence-corrected chi connectivity index (χ0v) is 7.50. The molecule has 1 rings (SSSR count). The van der Waals surface area contributed by atoms with Gasteiger partial charge in [0.15, 0.2) is 0 Å². The lowest BCUT2D eigenvalue weighted by Gasteiger charge is -1.90. The standard InChI is InChI=1S/C3H9N.C3H6.ClH.H3N/c1-4(2)3;1-2-3-1;;/h1-3H3;1-3H2;1H;1H3. The highest BCUT2D eigenvalue weighted by Gasteiger charge is 1.95. The molecule has 0 aliphatic heterocycles. The van der Waals surface area contributed by atoms with Gasteiger partial charge in [-0.1, -0.05) is 19.3 Å². The van der Waals surface area contributed by atoms with Gasteiger partial charge in [-0.15, -0.1) is 12.4 Å². The second-order valence-electron chi connectivity index (χ2n) is 2.40. The quantitative estimate of drug-likeness (QED) is 0.579. The highest BCUT2D eigenvalue weighted by atomic mass is 35.5. The van der Waals surface area contributed by atoms with E-state index < -0.39 is 0 Å². The Balaban J connectivity index is -0.0000000660. The van der Waals surface area contributed by atoms with Gasteiger partial charge in [-0.05, 0) is 21.1 Å². The molecule has 0 aromatic heterocycles. The molecule has 0 bridgehead atoms. The van der Waals surface area contributed by atoms with Crippen LogP contribution in [0.3, 0.4) is 0 Å². The zero-order chi connectivity index (χ0) is 5.70. The summed E-state index contributed by atoms with van der Waals surface area (Å²) in [5, 5.41) is 0. The fraction of sp³-hybridized carbons (Fsp3) is 1.00. The van der Waals surface area contributed by atoms with Crippen LogP contribution in [0.15, 0.2) is 0 Å². The van der Waals surface area contributed by atoms with Crippen molar-refractivity contribution in [1.82, 2.24) is 11.1 Å². The van der Waals surface area contributed by atoms with Crippen molar-refractivity contribution in [1.29, 1.82) is 0 Å². The van der Waals surface area contributed by atoms with E-state index in [1.165, 1.54) is 19.3 Å². The normalized spacial score (nSPS) is 12.0. The third-order valence-electron chi connectivity index (χ3n) is 0.354. The average molecular weight is 155 g/mol. The fourth-order valence-electron chi connectivity index (χ4n) is 0. The summed E-state index contributed by atoms with van der Waals surface area (Å²) >= 11 is 0. The molecule has 60 valence electrons. The molecule has 9 heavy (non-hydrogen) atoms. The summed E-state index contributed by atoms with van der Waals surface area (Å²) in [4.78, 5) is 2.00. The Labute approximate surface area is 64.6 Å². The number of nitrogens with zero attached hydrogens (tertiary/aromatic N) is 1. The van der Waals surface area contributed by atoms with Crippen molar-refractivity contribution in [2.75, 3.05) is 21.1 Å². The Morgan fingerprint density at radius 3 is 1.00 bits per heavy atom. The van der Waals surface area contributed by atoms with Gasteiger partial charge < -0.3 is 11.1 Å². The molecule has 0 unspecified atom stereocenters. The van der Waals surface area contributed by atoms with Gasteiger partial charge in [-0.3, -0.25) is 0 Å². The van der Waals surface area contributed by atoms with E-state index in [1.54, 1.807) is 0 Å². The largest absolute Gasteiger partial charge is 0.344 e. The summed E-state index contributed by atoms with van der Waals surface area (Å²) in [7, 11) is 6.00. The number of rotatable bonds is 0. The van der Waals surface area contributed by atoms with Crippen molar-refractivity contribution in [3.05, 3.63) is 0 Å². The molecular weight excluding hydrogens is 136 g/mol. The van der Waals surface area contributed by atoms with Crippen molar-refractivity contribution in [3.63, 3.8) is 0 Å². The van der Waals surface area contributed by atoms with Crippen molar-refractivity contribution >= 4 is 12.4 Å². The first-order valence-electron chi connectivity index (χ1n) is 2.84. The molecule has 2 nitrogen and oxygen atoms in total. The minimum Gasteiger partial charge on any atom is -0.344 e. The molecule has 1 aliphatic carbocycles. The highest BCUT2D eigenvalue weighted by molar-refractivity contribution is 5.85. The highest BCUT2D eigenvalue weighted by Crippen LogP contribution is 2.14. The number of halogens is 1. The van der Waals surface area contributed by atoms with Gasteiger partial charge in [0, 0.05) is 0 Å². The van der Waals surface area contributed by atoms with Crippen LogP contribution < -0.4 is 6.15 Å². The summed E-state index contributed by atoms with van der Waals surface area (Å²) in [6, 6.07) is 0. The van der Waals surface area contributed by atoms with Gasteiger partial charge in [0.05, 0.1) is 0 Å². The molecule has 0 aromatic carbocycles. The van der Waals surface area contributed by atoms with E-state index in [2.05, 4.69) is 0 Å². The smallest absolute Gasteiger partial charge is 0.0140 e. The molecule has 1 aliphatic rings. The molecule has 0 spiro atoms. The summed E-state index contributed by atoms with van der Waals surface area (Å²) in [6.45, 7) is 0. The first-order chi connectivity index (χ1) is 3.23. The molecule has 3 N–H and O–H groups in total. The Morgan fingerprint density at radius 2 is 1.00 bits per heavy atom. The van der Waals surface area contributed by atoms with Crippen LogP contribution in [0.4, 0.5) is 0 Å². The summed E-state index contributed by atoms with van der Waals surface area (Å²) < 4.78 is 0. The van der Waals surface area contributed by atoms with Crippen LogP contribution in [-0.2, 0) is 0 Å². The number of hydrogen-bond acceptors (Lipinski definition) is 2. The van der Waals surface area contributed by atoms with Crippen molar-refractivity contribution in [2.45, 2.75) is 19.3 Å². The third-order valence-corrected chi connectivity index (χ3v) is 0.354. The monoisotopic (exact) mass is 154 g/mol. The van der Waals surface area contributed by atoms with Crippen LogP contribution in [0.5, 0.6) is 0 Å². The predicted octanol–water partition coefficient (Wildman–Crippen LogP) is 1.93. The summed E-state index contributed by atoms with van der Waals surface area (Å²) in [5.74, 6) is 0. The lowest BCUT2D eigenvalue weighted by Crippen LogP contribution is -1.99. The van der Waals surface area contributed by atoms with E-state index in [9.17, 15) is 0 Å². The van der Waals surface area contributed by atoms with E-state index in [1.807, 2.05) is 26.0 Å². The van der Waals surface area contributed by atoms with E-state index in [0.717, 1.165) is 0 Å².